The van der Waals surface area contributed by atoms with Crippen molar-refractivity contribution in [2.45, 2.75) is 12.3 Å². The van der Waals surface area contributed by atoms with Crippen LogP contribution < -0.4 is 5.32 Å². The van der Waals surface area contributed by atoms with Crippen LogP contribution in [0, 0.1) is 0 Å². The molecule has 2 heteroatoms. The summed E-state index contributed by atoms with van der Waals surface area (Å²) in [7, 11) is 1.99. The highest BCUT2D eigenvalue weighted by Crippen LogP contribution is 2.35. The summed E-state index contributed by atoms with van der Waals surface area (Å²) in [5.41, 5.74) is 2.89. The van der Waals surface area contributed by atoms with Gasteiger partial charge in [-0.05, 0) is 36.7 Å². The zero-order chi connectivity index (χ0) is 8.55. The zero-order valence-corrected chi connectivity index (χ0v) is 7.86. The lowest BCUT2D eigenvalue weighted by Crippen LogP contribution is -2.26. The largest absolute Gasteiger partial charge is 0.319 e. The Labute approximate surface area is 77.7 Å². The van der Waals surface area contributed by atoms with Crippen LogP contribution in [0.15, 0.2) is 18.2 Å². The molecule has 0 heterocycles. The summed E-state index contributed by atoms with van der Waals surface area (Å²) < 4.78 is 0. The minimum atomic E-state index is 0.684. The smallest absolute Gasteiger partial charge is 0.0409 e. The molecule has 1 aromatic carbocycles. The van der Waals surface area contributed by atoms with Gasteiger partial charge in [-0.3, -0.25) is 0 Å². The van der Waals surface area contributed by atoms with Crippen LogP contribution in [0.25, 0.3) is 0 Å². The van der Waals surface area contributed by atoms with Gasteiger partial charge in [0.25, 0.3) is 0 Å². The maximum atomic E-state index is 5.90. The molecule has 0 saturated heterocycles. The van der Waals surface area contributed by atoms with Crippen LogP contribution >= 0.6 is 11.6 Å². The average molecular weight is 182 g/mol. The van der Waals surface area contributed by atoms with Crippen molar-refractivity contribution in [2.24, 2.45) is 0 Å². The van der Waals surface area contributed by atoms with Gasteiger partial charge in [0.05, 0.1) is 0 Å². The van der Waals surface area contributed by atoms with Crippen LogP contribution in [0.5, 0.6) is 0 Å². The fourth-order valence-corrected chi connectivity index (χ4v) is 1.99. The van der Waals surface area contributed by atoms with Crippen LogP contribution in [0.1, 0.15) is 17.0 Å². The molecule has 1 aliphatic rings. The van der Waals surface area contributed by atoms with Crippen LogP contribution in [0.3, 0.4) is 0 Å². The van der Waals surface area contributed by atoms with E-state index in [1.54, 1.807) is 0 Å². The normalized spacial score (nSPS) is 20.0. The Morgan fingerprint density at radius 2 is 2.42 bits per heavy atom. The quantitative estimate of drug-likeness (QED) is 0.738. The van der Waals surface area contributed by atoms with Crippen molar-refractivity contribution >= 4 is 11.6 Å². The number of benzene rings is 1. The Kier molecular flexibility index (Phi) is 2.07. The molecule has 1 aromatic rings. The van der Waals surface area contributed by atoms with Gasteiger partial charge in [0, 0.05) is 17.5 Å². The predicted octanol–water partition coefficient (Wildman–Crippen LogP) is 2.20. The molecule has 0 fully saturated rings. The number of hydrogen-bond donors (Lipinski definition) is 1. The first kappa shape index (κ1) is 8.09. The topological polar surface area (TPSA) is 12.0 Å². The molecule has 1 nitrogen and oxygen atoms in total. The summed E-state index contributed by atoms with van der Waals surface area (Å²) >= 11 is 5.90. The van der Waals surface area contributed by atoms with Crippen LogP contribution in [0.4, 0.5) is 0 Å². The van der Waals surface area contributed by atoms with Gasteiger partial charge in [0.2, 0.25) is 0 Å². The van der Waals surface area contributed by atoms with E-state index in [1.807, 2.05) is 13.1 Å². The molecule has 0 spiro atoms. The van der Waals surface area contributed by atoms with E-state index in [1.165, 1.54) is 17.5 Å². The Hall–Kier alpha value is -0.530. The second kappa shape index (κ2) is 3.08. The molecule has 0 bridgehead atoms. The van der Waals surface area contributed by atoms with Gasteiger partial charge in [-0.15, -0.1) is 0 Å². The van der Waals surface area contributed by atoms with Gasteiger partial charge in [-0.2, -0.15) is 0 Å². The van der Waals surface area contributed by atoms with E-state index in [9.17, 15) is 0 Å². The van der Waals surface area contributed by atoms with Gasteiger partial charge in [-0.25, -0.2) is 0 Å². The van der Waals surface area contributed by atoms with Crippen molar-refractivity contribution in [3.63, 3.8) is 0 Å². The fraction of sp³-hybridized carbons (Fsp3) is 0.400. The Morgan fingerprint density at radius 1 is 1.58 bits per heavy atom. The van der Waals surface area contributed by atoms with E-state index in [2.05, 4.69) is 17.4 Å². The van der Waals surface area contributed by atoms with Gasteiger partial charge >= 0.3 is 0 Å². The first-order valence-corrected chi connectivity index (χ1v) is 4.62. The van der Waals surface area contributed by atoms with Gasteiger partial charge < -0.3 is 5.32 Å². The number of rotatable bonds is 2. The van der Waals surface area contributed by atoms with Crippen molar-refractivity contribution in [2.75, 3.05) is 13.6 Å². The Balaban J connectivity index is 2.22. The third-order valence-corrected chi connectivity index (χ3v) is 2.70. The number of nitrogens with one attached hydrogen (secondary N) is 1. The van der Waals surface area contributed by atoms with Crippen molar-refractivity contribution in [1.82, 2.24) is 5.32 Å². The molecule has 0 saturated carbocycles. The van der Waals surface area contributed by atoms with E-state index in [4.69, 9.17) is 11.6 Å². The lowest BCUT2D eigenvalue weighted by atomic mass is 9.78. The molecule has 2 rings (SSSR count). The second-order valence-electron chi connectivity index (χ2n) is 3.30. The number of halogens is 1. The van der Waals surface area contributed by atoms with Crippen LogP contribution in [-0.2, 0) is 6.42 Å². The van der Waals surface area contributed by atoms with Crippen LogP contribution in [-0.4, -0.2) is 13.6 Å². The lowest BCUT2D eigenvalue weighted by molar-refractivity contribution is 0.568. The minimum Gasteiger partial charge on any atom is -0.319 e. The molecule has 64 valence electrons. The predicted molar refractivity (Wildman–Crippen MR) is 51.8 cm³/mol. The third kappa shape index (κ3) is 1.23. The van der Waals surface area contributed by atoms with Gasteiger partial charge in [-0.1, -0.05) is 17.7 Å². The number of hydrogen-bond acceptors (Lipinski definition) is 1. The summed E-state index contributed by atoms with van der Waals surface area (Å²) in [4.78, 5) is 0. The highest BCUT2D eigenvalue weighted by atomic mass is 35.5. The van der Waals surface area contributed by atoms with E-state index < -0.39 is 0 Å². The average Bonchev–Trinajstić information content (AvgIpc) is 2.05. The number of fused-ring (bicyclic) bond motifs is 1. The van der Waals surface area contributed by atoms with E-state index in [-0.39, 0.29) is 0 Å². The summed E-state index contributed by atoms with van der Waals surface area (Å²) in [5, 5.41) is 4.04. The van der Waals surface area contributed by atoms with E-state index in [0.29, 0.717) is 5.92 Å². The molecular formula is C10H12ClN. The maximum Gasteiger partial charge on any atom is 0.0409 e. The minimum absolute atomic E-state index is 0.684. The van der Waals surface area contributed by atoms with Crippen LogP contribution in [0.2, 0.25) is 5.02 Å². The third-order valence-electron chi connectivity index (χ3n) is 2.46. The number of likely N-dealkylation sites (N-methyl/N-ethyl adjacent to an activating group) is 1. The van der Waals surface area contributed by atoms with Gasteiger partial charge in [0.1, 0.15) is 0 Å². The molecule has 0 aromatic heterocycles. The Bertz CT molecular complexity index is 296. The summed E-state index contributed by atoms with van der Waals surface area (Å²) in [6.07, 6.45) is 1.20. The SMILES string of the molecule is CNCC1Cc2ccc(Cl)cc21. The molecule has 12 heavy (non-hydrogen) atoms. The molecule has 1 N–H and O–H groups in total. The second-order valence-corrected chi connectivity index (χ2v) is 3.74. The summed E-state index contributed by atoms with van der Waals surface area (Å²) in [5.74, 6) is 0.684. The molecule has 0 radical (unpaired) electrons. The lowest BCUT2D eigenvalue weighted by Gasteiger charge is -2.30. The van der Waals surface area contributed by atoms with Crippen molar-refractivity contribution in [3.8, 4) is 0 Å². The molecule has 0 amide bonds. The van der Waals surface area contributed by atoms with E-state index >= 15 is 0 Å². The summed E-state index contributed by atoms with van der Waals surface area (Å²) in [6.45, 7) is 1.06. The molecule has 1 atom stereocenters. The highest BCUT2D eigenvalue weighted by Gasteiger charge is 2.24. The van der Waals surface area contributed by atoms with Crippen molar-refractivity contribution in [1.29, 1.82) is 0 Å². The standard InChI is InChI=1S/C10H12ClN/c1-12-6-8-4-7-2-3-9(11)5-10(7)8/h2-3,5,8,12H,4,6H2,1H3. The first-order valence-electron chi connectivity index (χ1n) is 4.24. The van der Waals surface area contributed by atoms with Crippen molar-refractivity contribution < 1.29 is 0 Å². The molecular weight excluding hydrogens is 170 g/mol. The summed E-state index contributed by atoms with van der Waals surface area (Å²) in [6, 6.07) is 6.18. The first-order chi connectivity index (χ1) is 5.81. The van der Waals surface area contributed by atoms with Crippen molar-refractivity contribution in [3.05, 3.63) is 34.3 Å². The molecule has 1 unspecified atom stereocenters. The van der Waals surface area contributed by atoms with Gasteiger partial charge in [0.15, 0.2) is 0 Å². The monoisotopic (exact) mass is 181 g/mol. The highest BCUT2D eigenvalue weighted by molar-refractivity contribution is 6.30. The fourth-order valence-electron chi connectivity index (χ4n) is 1.80. The Morgan fingerprint density at radius 3 is 3.17 bits per heavy atom. The van der Waals surface area contributed by atoms with E-state index in [0.717, 1.165) is 11.6 Å². The molecule has 1 aliphatic carbocycles. The molecule has 0 aliphatic heterocycles. The zero-order valence-electron chi connectivity index (χ0n) is 7.10. The maximum absolute atomic E-state index is 5.90.